The fourth-order valence-corrected chi connectivity index (χ4v) is 4.70. The van der Waals surface area contributed by atoms with Crippen LogP contribution in [0.25, 0.3) is 0 Å². The topological polar surface area (TPSA) is 61.4 Å². The number of nitrogens with zero attached hydrogens (tertiary/aromatic N) is 3. The fraction of sp³-hybridized carbons (Fsp3) is 0.720. The number of ether oxygens (including phenoxy) is 2. The van der Waals surface area contributed by atoms with Gasteiger partial charge in [-0.25, -0.2) is 0 Å². The predicted molar refractivity (Wildman–Crippen MR) is 148 cm³/mol. The van der Waals surface area contributed by atoms with Crippen molar-refractivity contribution >= 4 is 35.6 Å². The van der Waals surface area contributed by atoms with Crippen LogP contribution in [0, 0.1) is 0 Å². The average molecular weight is 574 g/mol. The van der Waals surface area contributed by atoms with Crippen molar-refractivity contribution in [3.63, 3.8) is 0 Å². The van der Waals surface area contributed by atoms with Crippen molar-refractivity contribution in [2.75, 3.05) is 72.0 Å². The predicted octanol–water partition coefficient (Wildman–Crippen LogP) is 4.05. The van der Waals surface area contributed by atoms with Crippen molar-refractivity contribution in [1.82, 2.24) is 15.1 Å². The third kappa shape index (κ3) is 8.88. The van der Waals surface area contributed by atoms with Gasteiger partial charge in [0.15, 0.2) is 5.96 Å². The van der Waals surface area contributed by atoms with E-state index in [4.69, 9.17) is 14.5 Å². The molecule has 0 amide bonds. The first-order chi connectivity index (χ1) is 15.6. The second-order valence-corrected chi connectivity index (χ2v) is 9.12. The Balaban J connectivity index is 0.00000385. The first-order valence-electron chi connectivity index (χ1n) is 12.4. The number of anilines is 1. The molecule has 33 heavy (non-hydrogen) atoms. The van der Waals surface area contributed by atoms with E-state index in [-0.39, 0.29) is 29.5 Å². The summed E-state index contributed by atoms with van der Waals surface area (Å²) >= 11 is 0. The summed E-state index contributed by atoms with van der Waals surface area (Å²) in [5.41, 5.74) is 1.17. The van der Waals surface area contributed by atoms with Gasteiger partial charge in [-0.2, -0.15) is 0 Å². The molecule has 2 saturated heterocycles. The van der Waals surface area contributed by atoms with Crippen LogP contribution in [0.1, 0.15) is 45.4 Å². The van der Waals surface area contributed by atoms with Gasteiger partial charge in [-0.05, 0) is 78.0 Å². The summed E-state index contributed by atoms with van der Waals surface area (Å²) in [7, 11) is 3.95. The Morgan fingerprint density at radius 2 is 1.85 bits per heavy atom. The second kappa shape index (κ2) is 15.0. The summed E-state index contributed by atoms with van der Waals surface area (Å²) in [5, 5.41) is 6.93. The molecule has 2 N–H and O–H groups in total. The lowest BCUT2D eigenvalue weighted by atomic mass is 9.84. The van der Waals surface area contributed by atoms with Crippen LogP contribution in [-0.2, 0) is 4.74 Å². The molecule has 1 aromatic rings. The summed E-state index contributed by atoms with van der Waals surface area (Å²) in [6.07, 6.45) is 7.26. The highest BCUT2D eigenvalue weighted by molar-refractivity contribution is 14.0. The van der Waals surface area contributed by atoms with Gasteiger partial charge in [-0.1, -0.05) is 12.5 Å². The number of hydrogen-bond donors (Lipinski definition) is 2. The molecule has 0 bridgehead atoms. The van der Waals surface area contributed by atoms with E-state index >= 15 is 0 Å². The van der Waals surface area contributed by atoms with Gasteiger partial charge in [-0.15, -0.1) is 24.0 Å². The Kier molecular flexibility index (Phi) is 12.8. The molecular weight excluding hydrogens is 529 g/mol. The smallest absolute Gasteiger partial charge is 0.195 e. The van der Waals surface area contributed by atoms with Crippen molar-refractivity contribution in [3.8, 4) is 5.75 Å². The van der Waals surface area contributed by atoms with E-state index in [0.717, 1.165) is 50.0 Å². The largest absolute Gasteiger partial charge is 0.493 e. The average Bonchev–Trinajstić information content (AvgIpc) is 2.83. The number of rotatable bonds is 10. The lowest BCUT2D eigenvalue weighted by Gasteiger charge is -2.49. The van der Waals surface area contributed by atoms with Crippen LogP contribution in [0.2, 0.25) is 0 Å². The van der Waals surface area contributed by atoms with E-state index in [0.29, 0.717) is 13.2 Å². The third-order valence-electron chi connectivity index (χ3n) is 6.68. The van der Waals surface area contributed by atoms with E-state index in [2.05, 4.69) is 40.5 Å². The summed E-state index contributed by atoms with van der Waals surface area (Å²) in [6, 6.07) is 8.11. The maximum atomic E-state index is 5.86. The van der Waals surface area contributed by atoms with Gasteiger partial charge in [-0.3, -0.25) is 9.89 Å². The van der Waals surface area contributed by atoms with Crippen molar-refractivity contribution < 1.29 is 9.47 Å². The van der Waals surface area contributed by atoms with Gasteiger partial charge in [0, 0.05) is 44.0 Å². The standard InChI is InChI=1S/C25H43N5O2.HI/c1-4-26-24(28-22-10-8-11-23(20-22)32-19-9-18-31-3)27-21-25(12-16-29(2)17-13-25)30-14-6-5-7-15-30;/h8,10-11,20H,4-7,9,12-19,21H2,1-3H3,(H2,26,27,28);1H. The molecule has 0 atom stereocenters. The highest BCUT2D eigenvalue weighted by atomic mass is 127. The molecule has 0 unspecified atom stereocenters. The minimum atomic E-state index is 0. The van der Waals surface area contributed by atoms with Crippen molar-refractivity contribution in [2.24, 2.45) is 4.99 Å². The number of hydrogen-bond acceptors (Lipinski definition) is 5. The number of guanidine groups is 1. The second-order valence-electron chi connectivity index (χ2n) is 9.12. The molecule has 0 radical (unpaired) electrons. The van der Waals surface area contributed by atoms with Gasteiger partial charge in [0.25, 0.3) is 0 Å². The molecule has 8 heteroatoms. The molecular formula is C25H44IN5O2. The normalized spacial score (nSPS) is 19.5. The number of likely N-dealkylation sites (tertiary alicyclic amines) is 2. The first-order valence-corrected chi connectivity index (χ1v) is 12.4. The van der Waals surface area contributed by atoms with Crippen LogP contribution < -0.4 is 15.4 Å². The highest BCUT2D eigenvalue weighted by Crippen LogP contribution is 2.31. The fourth-order valence-electron chi connectivity index (χ4n) is 4.70. The maximum Gasteiger partial charge on any atom is 0.195 e. The lowest BCUT2D eigenvalue weighted by Crippen LogP contribution is -2.58. The molecule has 3 rings (SSSR count). The molecule has 2 aliphatic rings. The van der Waals surface area contributed by atoms with E-state index in [1.165, 1.54) is 45.2 Å². The molecule has 2 fully saturated rings. The van der Waals surface area contributed by atoms with Crippen molar-refractivity contribution in [1.29, 1.82) is 0 Å². The van der Waals surface area contributed by atoms with Crippen molar-refractivity contribution in [2.45, 2.75) is 51.0 Å². The third-order valence-corrected chi connectivity index (χ3v) is 6.68. The lowest BCUT2D eigenvalue weighted by molar-refractivity contribution is 0.0208. The highest BCUT2D eigenvalue weighted by Gasteiger charge is 2.39. The van der Waals surface area contributed by atoms with E-state index in [1.807, 2.05) is 18.2 Å². The van der Waals surface area contributed by atoms with Crippen LogP contribution in [0.3, 0.4) is 0 Å². The SMILES string of the molecule is CCNC(=NCC1(N2CCCCC2)CCN(C)CC1)Nc1cccc(OCCCOC)c1.I. The van der Waals surface area contributed by atoms with Gasteiger partial charge in [0.1, 0.15) is 5.75 Å². The molecule has 0 saturated carbocycles. The number of benzene rings is 1. The van der Waals surface area contributed by atoms with Crippen molar-refractivity contribution in [3.05, 3.63) is 24.3 Å². The minimum Gasteiger partial charge on any atom is -0.493 e. The Morgan fingerprint density at radius 1 is 1.09 bits per heavy atom. The van der Waals surface area contributed by atoms with E-state index < -0.39 is 0 Å². The zero-order chi connectivity index (χ0) is 22.7. The number of nitrogens with one attached hydrogen (secondary N) is 2. The van der Waals surface area contributed by atoms with Gasteiger partial charge >= 0.3 is 0 Å². The number of aliphatic imine (C=N–C) groups is 1. The molecule has 0 aliphatic carbocycles. The molecule has 188 valence electrons. The van der Waals surface area contributed by atoms with Gasteiger partial charge in [0.2, 0.25) is 0 Å². The van der Waals surface area contributed by atoms with Crippen LogP contribution in [0.5, 0.6) is 5.75 Å². The Hall–Kier alpha value is -1.10. The Labute approximate surface area is 217 Å². The van der Waals surface area contributed by atoms with Gasteiger partial charge in [0.05, 0.1) is 13.2 Å². The van der Waals surface area contributed by atoms with Crippen LogP contribution in [0.4, 0.5) is 5.69 Å². The minimum absolute atomic E-state index is 0. The quantitative estimate of drug-likeness (QED) is 0.191. The van der Waals surface area contributed by atoms with E-state index in [9.17, 15) is 0 Å². The monoisotopic (exact) mass is 573 g/mol. The summed E-state index contributed by atoms with van der Waals surface area (Å²) in [4.78, 5) is 10.3. The molecule has 2 aliphatic heterocycles. The molecule has 2 heterocycles. The zero-order valence-corrected chi connectivity index (χ0v) is 23.1. The summed E-state index contributed by atoms with van der Waals surface area (Å²) in [5.74, 6) is 1.71. The first kappa shape index (κ1) is 28.1. The molecule has 0 aromatic heterocycles. The van der Waals surface area contributed by atoms with E-state index in [1.54, 1.807) is 7.11 Å². The molecule has 7 nitrogen and oxygen atoms in total. The molecule has 1 aromatic carbocycles. The Morgan fingerprint density at radius 3 is 2.55 bits per heavy atom. The summed E-state index contributed by atoms with van der Waals surface area (Å²) in [6.45, 7) is 9.88. The van der Waals surface area contributed by atoms with Crippen LogP contribution >= 0.6 is 24.0 Å². The number of halogens is 1. The van der Waals surface area contributed by atoms with Crippen LogP contribution in [0.15, 0.2) is 29.3 Å². The molecule has 0 spiro atoms. The number of methoxy groups -OCH3 is 1. The number of piperidine rings is 2. The maximum absolute atomic E-state index is 5.86. The summed E-state index contributed by atoms with van der Waals surface area (Å²) < 4.78 is 11.0. The van der Waals surface area contributed by atoms with Gasteiger partial charge < -0.3 is 25.0 Å². The Bertz CT molecular complexity index is 704. The zero-order valence-electron chi connectivity index (χ0n) is 20.8. The van der Waals surface area contributed by atoms with Crippen LogP contribution in [-0.4, -0.2) is 87.9 Å².